The van der Waals surface area contributed by atoms with Crippen molar-refractivity contribution in [3.8, 4) is 6.07 Å². The highest BCUT2D eigenvalue weighted by molar-refractivity contribution is 5.90. The lowest BCUT2D eigenvalue weighted by Crippen LogP contribution is -2.62. The second-order valence-electron chi connectivity index (χ2n) is 7.61. The lowest BCUT2D eigenvalue weighted by atomic mass is 9.44. The minimum absolute atomic E-state index is 0.187. The topological polar surface area (TPSA) is 98.4 Å². The third kappa shape index (κ3) is 2.18. The molecule has 2 aliphatic carbocycles. The summed E-state index contributed by atoms with van der Waals surface area (Å²) in [5.74, 6) is -2.70. The van der Waals surface area contributed by atoms with E-state index in [-0.39, 0.29) is 12.3 Å². The van der Waals surface area contributed by atoms with Gasteiger partial charge in [0.05, 0.1) is 6.07 Å². The van der Waals surface area contributed by atoms with Crippen molar-refractivity contribution < 1.29 is 19.8 Å². The van der Waals surface area contributed by atoms with Crippen molar-refractivity contribution in [2.75, 3.05) is 0 Å². The van der Waals surface area contributed by atoms with E-state index in [2.05, 4.69) is 6.07 Å². The van der Waals surface area contributed by atoms with Gasteiger partial charge in [-0.2, -0.15) is 5.26 Å². The molecule has 2 rings (SSSR count). The average Bonchev–Trinajstić information content (AvgIpc) is 3.24. The molecule has 24 heavy (non-hydrogen) atoms. The van der Waals surface area contributed by atoms with Crippen LogP contribution in [0.2, 0.25) is 0 Å². The molecule has 5 heteroatoms. The van der Waals surface area contributed by atoms with Gasteiger partial charge in [0.1, 0.15) is 5.41 Å². The largest absolute Gasteiger partial charge is 0.481 e. The third-order valence-corrected chi connectivity index (χ3v) is 7.19. The number of rotatable bonds is 7. The Morgan fingerprint density at radius 1 is 1.08 bits per heavy atom. The molecule has 2 N–H and O–H groups in total. The predicted molar refractivity (Wildman–Crippen MR) is 89.2 cm³/mol. The minimum atomic E-state index is -1.84. The number of carboxylic acids is 2. The quantitative estimate of drug-likeness (QED) is 0.725. The number of carboxylic acid groups (broad SMARTS) is 2. The number of nitriles is 1. The molecule has 134 valence electrons. The second kappa shape index (κ2) is 6.74. The molecule has 0 spiro atoms. The molecule has 2 atom stereocenters. The molecule has 5 nitrogen and oxygen atoms in total. The molecule has 0 heterocycles. The van der Waals surface area contributed by atoms with E-state index in [0.717, 1.165) is 25.7 Å². The summed E-state index contributed by atoms with van der Waals surface area (Å²) in [5, 5.41) is 30.6. The van der Waals surface area contributed by atoms with Crippen molar-refractivity contribution in [2.24, 2.45) is 22.2 Å². The van der Waals surface area contributed by atoms with Crippen LogP contribution in [-0.4, -0.2) is 22.2 Å². The second-order valence-corrected chi connectivity index (χ2v) is 7.61. The van der Waals surface area contributed by atoms with Gasteiger partial charge < -0.3 is 10.2 Å². The molecule has 2 fully saturated rings. The van der Waals surface area contributed by atoms with E-state index in [1.165, 1.54) is 0 Å². The van der Waals surface area contributed by atoms with Gasteiger partial charge in [-0.3, -0.25) is 9.59 Å². The summed E-state index contributed by atoms with van der Waals surface area (Å²) in [6.45, 7) is 3.71. The van der Waals surface area contributed by atoms with Crippen molar-refractivity contribution in [2.45, 2.75) is 78.1 Å². The number of carbonyl (C=O) groups is 2. The fraction of sp³-hybridized carbons (Fsp3) is 0.842. The first kappa shape index (κ1) is 18.8. The zero-order valence-corrected chi connectivity index (χ0v) is 14.8. The zero-order chi connectivity index (χ0) is 18.0. The summed E-state index contributed by atoms with van der Waals surface area (Å²) >= 11 is 0. The normalized spacial score (nSPS) is 25.5. The van der Waals surface area contributed by atoms with E-state index < -0.39 is 28.2 Å². The Kier molecular flexibility index (Phi) is 5.27. The van der Waals surface area contributed by atoms with Gasteiger partial charge in [0, 0.05) is 0 Å². The summed E-state index contributed by atoms with van der Waals surface area (Å²) in [6.07, 6.45) is 7.04. The molecular weight excluding hydrogens is 306 g/mol. The van der Waals surface area contributed by atoms with Gasteiger partial charge >= 0.3 is 11.9 Å². The number of hydrogen-bond acceptors (Lipinski definition) is 3. The van der Waals surface area contributed by atoms with Crippen LogP contribution in [0.1, 0.15) is 78.1 Å². The molecule has 0 aromatic heterocycles. The molecule has 0 bridgehead atoms. The van der Waals surface area contributed by atoms with E-state index in [1.54, 1.807) is 6.92 Å². The molecule has 0 aromatic rings. The Bertz CT molecular complexity index is 540. The van der Waals surface area contributed by atoms with Crippen molar-refractivity contribution >= 4 is 11.9 Å². The first-order valence-electron chi connectivity index (χ1n) is 9.26. The minimum Gasteiger partial charge on any atom is -0.481 e. The van der Waals surface area contributed by atoms with Gasteiger partial charge in [-0.25, -0.2) is 0 Å². The summed E-state index contributed by atoms with van der Waals surface area (Å²) in [4.78, 5) is 25.1. The van der Waals surface area contributed by atoms with Gasteiger partial charge in [-0.1, -0.05) is 39.5 Å². The van der Waals surface area contributed by atoms with E-state index >= 15 is 0 Å². The summed E-state index contributed by atoms with van der Waals surface area (Å²) in [7, 11) is 0. The lowest BCUT2D eigenvalue weighted by molar-refractivity contribution is -0.191. The van der Waals surface area contributed by atoms with Crippen LogP contribution >= 0.6 is 0 Å². The molecule has 2 saturated carbocycles. The standard InChI is InChI=1S/C19H29NO4/c1-3-17(11-7-8-12-17)19(4-2,16(23)24)18(13-20,15(21)22)14-9-5-6-10-14/h14H,3-12H2,1-2H3,(H,21,22)(H,23,24). The van der Waals surface area contributed by atoms with E-state index in [1.807, 2.05) is 6.92 Å². The van der Waals surface area contributed by atoms with Crippen LogP contribution in [0.5, 0.6) is 0 Å². The fourth-order valence-corrected chi connectivity index (χ4v) is 6.05. The highest BCUT2D eigenvalue weighted by atomic mass is 16.4. The van der Waals surface area contributed by atoms with Crippen LogP contribution in [0.15, 0.2) is 0 Å². The third-order valence-electron chi connectivity index (χ3n) is 7.19. The van der Waals surface area contributed by atoms with Crippen LogP contribution in [-0.2, 0) is 9.59 Å². The van der Waals surface area contributed by atoms with Crippen molar-refractivity contribution in [1.82, 2.24) is 0 Å². The van der Waals surface area contributed by atoms with Crippen molar-refractivity contribution in [3.63, 3.8) is 0 Å². The van der Waals surface area contributed by atoms with Gasteiger partial charge in [0.15, 0.2) is 5.41 Å². The SMILES string of the molecule is CCC1(C(CC)(C(=O)O)C(C#N)(C(=O)O)C2CCCC2)CCCC1. The fourth-order valence-electron chi connectivity index (χ4n) is 6.05. The van der Waals surface area contributed by atoms with Crippen LogP contribution in [0, 0.1) is 33.5 Å². The molecule has 0 saturated heterocycles. The molecule has 0 aromatic carbocycles. The molecule has 2 unspecified atom stereocenters. The maximum atomic E-state index is 12.7. The van der Waals surface area contributed by atoms with Gasteiger partial charge in [-0.15, -0.1) is 0 Å². The lowest BCUT2D eigenvalue weighted by Gasteiger charge is -2.54. The summed E-state index contributed by atoms with van der Waals surface area (Å²) < 4.78 is 0. The monoisotopic (exact) mass is 335 g/mol. The maximum absolute atomic E-state index is 12.7. The predicted octanol–water partition coefficient (Wildman–Crippen LogP) is 4.22. The van der Waals surface area contributed by atoms with Crippen LogP contribution < -0.4 is 0 Å². The molecular formula is C19H29NO4. The van der Waals surface area contributed by atoms with E-state index in [0.29, 0.717) is 32.1 Å². The van der Waals surface area contributed by atoms with Gasteiger partial charge in [0.2, 0.25) is 0 Å². The molecule has 0 aliphatic heterocycles. The Morgan fingerprint density at radius 2 is 1.62 bits per heavy atom. The maximum Gasteiger partial charge on any atom is 0.325 e. The van der Waals surface area contributed by atoms with Crippen LogP contribution in [0.4, 0.5) is 0 Å². The summed E-state index contributed by atoms with van der Waals surface area (Å²) in [6, 6.07) is 2.09. The highest BCUT2D eigenvalue weighted by Crippen LogP contribution is 2.66. The highest BCUT2D eigenvalue weighted by Gasteiger charge is 2.72. The number of hydrogen-bond donors (Lipinski definition) is 2. The first-order chi connectivity index (χ1) is 11.4. The number of aliphatic carboxylic acids is 2. The van der Waals surface area contributed by atoms with Crippen molar-refractivity contribution in [3.05, 3.63) is 0 Å². The zero-order valence-electron chi connectivity index (χ0n) is 14.8. The van der Waals surface area contributed by atoms with E-state index in [4.69, 9.17) is 0 Å². The Hall–Kier alpha value is -1.57. The average molecular weight is 335 g/mol. The molecule has 0 amide bonds. The van der Waals surface area contributed by atoms with Crippen molar-refractivity contribution in [1.29, 1.82) is 5.26 Å². The Morgan fingerprint density at radius 3 is 1.96 bits per heavy atom. The Balaban J connectivity index is 2.78. The molecule has 2 aliphatic rings. The van der Waals surface area contributed by atoms with Gasteiger partial charge in [0.25, 0.3) is 0 Å². The Labute approximate surface area is 144 Å². The van der Waals surface area contributed by atoms with E-state index in [9.17, 15) is 25.1 Å². The van der Waals surface area contributed by atoms with Crippen LogP contribution in [0.3, 0.4) is 0 Å². The first-order valence-corrected chi connectivity index (χ1v) is 9.26. The molecule has 0 radical (unpaired) electrons. The van der Waals surface area contributed by atoms with Crippen LogP contribution in [0.25, 0.3) is 0 Å². The smallest absolute Gasteiger partial charge is 0.325 e. The number of nitrogens with zero attached hydrogens (tertiary/aromatic N) is 1. The van der Waals surface area contributed by atoms with Gasteiger partial charge in [-0.05, 0) is 49.9 Å². The summed E-state index contributed by atoms with van der Waals surface area (Å²) in [5.41, 5.74) is -3.98.